The lowest BCUT2D eigenvalue weighted by molar-refractivity contribution is -0.145. The van der Waals surface area contributed by atoms with Gasteiger partial charge in [-0.3, -0.25) is 4.79 Å². The molecule has 1 aliphatic heterocycles. The standard InChI is InChI=1S/C15H26O2/c1-14(2,3)13(16)6-5-12-7-10-17-15(11-12)8-4-9-15/h12H,4-11H2,1-3H3. The van der Waals surface area contributed by atoms with Gasteiger partial charge >= 0.3 is 0 Å². The van der Waals surface area contributed by atoms with Crippen LogP contribution in [-0.4, -0.2) is 18.0 Å². The summed E-state index contributed by atoms with van der Waals surface area (Å²) < 4.78 is 5.92. The number of rotatable bonds is 3. The Hall–Kier alpha value is -0.370. The third-order valence-electron chi connectivity index (χ3n) is 4.48. The highest BCUT2D eigenvalue weighted by molar-refractivity contribution is 5.83. The Kier molecular flexibility index (Phi) is 3.63. The zero-order valence-electron chi connectivity index (χ0n) is 11.6. The first kappa shape index (κ1) is 13.1. The van der Waals surface area contributed by atoms with Gasteiger partial charge in [-0.05, 0) is 44.4 Å². The van der Waals surface area contributed by atoms with Gasteiger partial charge in [0.1, 0.15) is 5.78 Å². The van der Waals surface area contributed by atoms with E-state index in [1.54, 1.807) is 0 Å². The van der Waals surface area contributed by atoms with Gasteiger partial charge in [-0.15, -0.1) is 0 Å². The molecule has 0 bridgehead atoms. The summed E-state index contributed by atoms with van der Waals surface area (Å²) in [5.74, 6) is 1.13. The van der Waals surface area contributed by atoms with Gasteiger partial charge in [-0.2, -0.15) is 0 Å². The summed E-state index contributed by atoms with van der Waals surface area (Å²) in [6.45, 7) is 6.97. The monoisotopic (exact) mass is 238 g/mol. The van der Waals surface area contributed by atoms with E-state index in [0.717, 1.165) is 31.8 Å². The van der Waals surface area contributed by atoms with Crippen LogP contribution in [0.3, 0.4) is 0 Å². The average Bonchev–Trinajstić information content (AvgIpc) is 2.23. The second kappa shape index (κ2) is 4.72. The smallest absolute Gasteiger partial charge is 0.138 e. The van der Waals surface area contributed by atoms with Crippen LogP contribution in [-0.2, 0) is 9.53 Å². The van der Waals surface area contributed by atoms with Crippen molar-refractivity contribution in [3.63, 3.8) is 0 Å². The first-order chi connectivity index (χ1) is 7.91. The van der Waals surface area contributed by atoms with E-state index in [4.69, 9.17) is 4.74 Å². The molecule has 1 unspecified atom stereocenters. The Balaban J connectivity index is 1.78. The second-order valence-electron chi connectivity index (χ2n) is 6.96. The fourth-order valence-electron chi connectivity index (χ4n) is 3.01. The number of carbonyl (C=O) groups is 1. The molecule has 2 aliphatic rings. The lowest BCUT2D eigenvalue weighted by Gasteiger charge is -2.47. The van der Waals surface area contributed by atoms with E-state index in [-0.39, 0.29) is 11.0 Å². The number of hydrogen-bond donors (Lipinski definition) is 0. The van der Waals surface area contributed by atoms with Crippen LogP contribution in [0, 0.1) is 11.3 Å². The summed E-state index contributed by atoms with van der Waals surface area (Å²) in [4.78, 5) is 11.9. The third kappa shape index (κ3) is 3.09. The van der Waals surface area contributed by atoms with E-state index >= 15 is 0 Å². The van der Waals surface area contributed by atoms with Gasteiger partial charge in [0.05, 0.1) is 5.60 Å². The Labute approximate surface area is 105 Å². The molecule has 1 atom stereocenters. The highest BCUT2D eigenvalue weighted by Crippen LogP contribution is 2.45. The molecule has 1 saturated carbocycles. The Morgan fingerprint density at radius 2 is 2.06 bits per heavy atom. The molecule has 0 aromatic rings. The highest BCUT2D eigenvalue weighted by Gasteiger charge is 2.42. The number of Topliss-reactive ketones (excluding diaryl/α,β-unsaturated/α-hetero) is 1. The molecule has 0 amide bonds. The van der Waals surface area contributed by atoms with Crippen molar-refractivity contribution in [3.05, 3.63) is 0 Å². The van der Waals surface area contributed by atoms with Gasteiger partial charge in [0.25, 0.3) is 0 Å². The van der Waals surface area contributed by atoms with Crippen LogP contribution >= 0.6 is 0 Å². The van der Waals surface area contributed by atoms with Crippen LogP contribution in [0.1, 0.15) is 65.7 Å². The van der Waals surface area contributed by atoms with E-state index in [1.807, 2.05) is 20.8 Å². The zero-order chi connectivity index (χ0) is 12.5. The second-order valence-corrected chi connectivity index (χ2v) is 6.96. The number of carbonyl (C=O) groups excluding carboxylic acids is 1. The van der Waals surface area contributed by atoms with Crippen molar-refractivity contribution in [3.8, 4) is 0 Å². The van der Waals surface area contributed by atoms with Gasteiger partial charge in [-0.1, -0.05) is 20.8 Å². The lowest BCUT2D eigenvalue weighted by Crippen LogP contribution is -2.45. The van der Waals surface area contributed by atoms with E-state index in [9.17, 15) is 4.79 Å². The molecule has 2 fully saturated rings. The summed E-state index contributed by atoms with van der Waals surface area (Å²) in [7, 11) is 0. The van der Waals surface area contributed by atoms with E-state index < -0.39 is 0 Å². The Morgan fingerprint density at radius 1 is 1.35 bits per heavy atom. The molecule has 0 aromatic heterocycles. The van der Waals surface area contributed by atoms with Crippen LogP contribution in [0.15, 0.2) is 0 Å². The van der Waals surface area contributed by atoms with Gasteiger partial charge < -0.3 is 4.74 Å². The Bertz CT molecular complexity index is 284. The van der Waals surface area contributed by atoms with Crippen molar-refractivity contribution in [2.75, 3.05) is 6.61 Å². The summed E-state index contributed by atoms with van der Waals surface area (Å²) in [6, 6.07) is 0. The summed E-state index contributed by atoms with van der Waals surface area (Å²) in [5, 5.41) is 0. The summed E-state index contributed by atoms with van der Waals surface area (Å²) in [6.07, 6.45) is 8.00. The molecular weight excluding hydrogens is 212 g/mol. The third-order valence-corrected chi connectivity index (χ3v) is 4.48. The molecule has 2 heteroatoms. The van der Waals surface area contributed by atoms with Crippen LogP contribution in [0.25, 0.3) is 0 Å². The first-order valence-corrected chi connectivity index (χ1v) is 7.09. The molecule has 1 saturated heterocycles. The topological polar surface area (TPSA) is 26.3 Å². The van der Waals surface area contributed by atoms with E-state index in [0.29, 0.717) is 5.78 Å². The van der Waals surface area contributed by atoms with E-state index in [1.165, 1.54) is 25.7 Å². The van der Waals surface area contributed by atoms with Crippen molar-refractivity contribution >= 4 is 5.78 Å². The maximum absolute atomic E-state index is 11.9. The molecule has 1 spiro atoms. The molecule has 1 aliphatic carbocycles. The number of hydrogen-bond acceptors (Lipinski definition) is 2. The summed E-state index contributed by atoms with van der Waals surface area (Å²) in [5.41, 5.74) is 0.0625. The quantitative estimate of drug-likeness (QED) is 0.749. The highest BCUT2D eigenvalue weighted by atomic mass is 16.5. The van der Waals surface area contributed by atoms with Crippen molar-refractivity contribution in [2.45, 2.75) is 71.3 Å². The predicted molar refractivity (Wildman–Crippen MR) is 69.0 cm³/mol. The molecule has 0 aromatic carbocycles. The van der Waals surface area contributed by atoms with Crippen LogP contribution in [0.4, 0.5) is 0 Å². The number of ether oxygens (including phenoxy) is 1. The molecule has 1 heterocycles. The van der Waals surface area contributed by atoms with Crippen molar-refractivity contribution < 1.29 is 9.53 Å². The summed E-state index contributed by atoms with van der Waals surface area (Å²) >= 11 is 0. The lowest BCUT2D eigenvalue weighted by atomic mass is 9.71. The van der Waals surface area contributed by atoms with Gasteiger partial charge in [0, 0.05) is 18.4 Å². The minimum absolute atomic E-state index is 0.167. The van der Waals surface area contributed by atoms with Gasteiger partial charge in [-0.25, -0.2) is 0 Å². The molecule has 0 N–H and O–H groups in total. The molecule has 17 heavy (non-hydrogen) atoms. The van der Waals surface area contributed by atoms with Crippen molar-refractivity contribution in [2.24, 2.45) is 11.3 Å². The van der Waals surface area contributed by atoms with Gasteiger partial charge in [0.15, 0.2) is 0 Å². The minimum Gasteiger partial charge on any atom is -0.375 e. The normalized spacial score (nSPS) is 27.8. The number of ketones is 1. The predicted octanol–water partition coefficient (Wildman–Crippen LogP) is 3.73. The fraction of sp³-hybridized carbons (Fsp3) is 0.933. The van der Waals surface area contributed by atoms with Crippen molar-refractivity contribution in [1.29, 1.82) is 0 Å². The Morgan fingerprint density at radius 3 is 2.59 bits per heavy atom. The van der Waals surface area contributed by atoms with Crippen LogP contribution in [0.2, 0.25) is 0 Å². The van der Waals surface area contributed by atoms with Crippen LogP contribution < -0.4 is 0 Å². The maximum atomic E-state index is 11.9. The zero-order valence-corrected chi connectivity index (χ0v) is 11.6. The van der Waals surface area contributed by atoms with Crippen molar-refractivity contribution in [1.82, 2.24) is 0 Å². The average molecular weight is 238 g/mol. The molecular formula is C15H26O2. The largest absolute Gasteiger partial charge is 0.375 e. The first-order valence-electron chi connectivity index (χ1n) is 7.09. The van der Waals surface area contributed by atoms with Crippen LogP contribution in [0.5, 0.6) is 0 Å². The molecule has 2 rings (SSSR count). The SMILES string of the molecule is CC(C)(C)C(=O)CCC1CCOC2(CCC2)C1. The van der Waals surface area contributed by atoms with E-state index in [2.05, 4.69) is 0 Å². The molecule has 2 nitrogen and oxygen atoms in total. The fourth-order valence-corrected chi connectivity index (χ4v) is 3.01. The molecule has 98 valence electrons. The minimum atomic E-state index is -0.167. The maximum Gasteiger partial charge on any atom is 0.138 e. The van der Waals surface area contributed by atoms with Gasteiger partial charge in [0.2, 0.25) is 0 Å². The molecule has 0 radical (unpaired) electrons.